The Labute approximate surface area is 95.9 Å². The van der Waals surface area contributed by atoms with Crippen LogP contribution in [0.1, 0.15) is 24.0 Å². The molecule has 1 saturated carbocycles. The third kappa shape index (κ3) is 2.20. The molecule has 1 aliphatic rings. The molecule has 16 heavy (non-hydrogen) atoms. The molecule has 88 valence electrons. The number of aryl methyl sites for hydroxylation is 1. The van der Waals surface area contributed by atoms with Crippen molar-refractivity contribution in [3.8, 4) is 0 Å². The van der Waals surface area contributed by atoms with Crippen molar-refractivity contribution in [3.05, 3.63) is 23.3 Å². The van der Waals surface area contributed by atoms with Gasteiger partial charge in [-0.1, -0.05) is 0 Å². The first-order valence-corrected chi connectivity index (χ1v) is 6.77. The lowest BCUT2D eigenvalue weighted by molar-refractivity contribution is 0.580. The van der Waals surface area contributed by atoms with Crippen LogP contribution in [-0.4, -0.2) is 14.5 Å². The lowest BCUT2D eigenvalue weighted by Gasteiger charge is -2.11. The molecule has 5 heteroatoms. The molecule has 0 saturated heterocycles. The third-order valence-corrected chi connectivity index (χ3v) is 4.48. The van der Waals surface area contributed by atoms with Gasteiger partial charge in [0.15, 0.2) is 0 Å². The van der Waals surface area contributed by atoms with Gasteiger partial charge < -0.3 is 5.73 Å². The first-order valence-electron chi connectivity index (χ1n) is 5.29. The fraction of sp³-hybridized carbons (Fsp3) is 0.455. The van der Waals surface area contributed by atoms with E-state index in [1.165, 1.54) is 6.07 Å². The monoisotopic (exact) mass is 240 g/mol. The van der Waals surface area contributed by atoms with E-state index in [1.807, 2.05) is 6.92 Å². The summed E-state index contributed by atoms with van der Waals surface area (Å²) in [6.45, 7) is 3.66. The van der Waals surface area contributed by atoms with Crippen LogP contribution in [0.4, 0.5) is 5.69 Å². The van der Waals surface area contributed by atoms with Crippen LogP contribution in [0.15, 0.2) is 17.0 Å². The van der Waals surface area contributed by atoms with Crippen LogP contribution >= 0.6 is 0 Å². The van der Waals surface area contributed by atoms with Gasteiger partial charge in [0, 0.05) is 11.7 Å². The number of hydrogen-bond donors (Lipinski definition) is 2. The van der Waals surface area contributed by atoms with Crippen molar-refractivity contribution < 1.29 is 8.42 Å². The lowest BCUT2D eigenvalue weighted by Crippen LogP contribution is -2.26. The van der Waals surface area contributed by atoms with Crippen molar-refractivity contribution in [2.45, 2.75) is 37.6 Å². The van der Waals surface area contributed by atoms with Crippen molar-refractivity contribution >= 4 is 15.7 Å². The highest BCUT2D eigenvalue weighted by Crippen LogP contribution is 2.26. The average molecular weight is 240 g/mol. The number of hydrogen-bond acceptors (Lipinski definition) is 3. The van der Waals surface area contributed by atoms with E-state index in [1.54, 1.807) is 13.0 Å². The first-order chi connectivity index (χ1) is 7.40. The summed E-state index contributed by atoms with van der Waals surface area (Å²) in [5, 5.41) is 0. The van der Waals surface area contributed by atoms with Crippen molar-refractivity contribution in [1.82, 2.24) is 4.72 Å². The standard InChI is InChI=1S/C11H16N2O2S/c1-7-5-9(12)6-11(8(7)2)16(14,15)13-10-3-4-10/h5-6,10,13H,3-4,12H2,1-2H3. The molecule has 2 rings (SSSR count). The maximum absolute atomic E-state index is 12.0. The van der Waals surface area contributed by atoms with Gasteiger partial charge in [0.1, 0.15) is 0 Å². The van der Waals surface area contributed by atoms with E-state index in [9.17, 15) is 8.42 Å². The Balaban J connectivity index is 2.45. The normalized spacial score (nSPS) is 16.4. The molecular weight excluding hydrogens is 224 g/mol. The molecule has 0 atom stereocenters. The second-order valence-electron chi connectivity index (χ2n) is 4.36. The number of benzene rings is 1. The lowest BCUT2D eigenvalue weighted by atomic mass is 10.1. The summed E-state index contributed by atoms with van der Waals surface area (Å²) in [6, 6.07) is 3.42. The van der Waals surface area contributed by atoms with E-state index < -0.39 is 10.0 Å². The average Bonchev–Trinajstić information content (AvgIpc) is 2.94. The molecule has 0 spiro atoms. The van der Waals surface area contributed by atoms with E-state index in [2.05, 4.69) is 4.72 Å². The largest absolute Gasteiger partial charge is 0.399 e. The van der Waals surface area contributed by atoms with E-state index in [-0.39, 0.29) is 6.04 Å². The Morgan fingerprint density at radius 2 is 1.94 bits per heavy atom. The molecule has 0 radical (unpaired) electrons. The molecule has 1 fully saturated rings. The fourth-order valence-corrected chi connectivity index (χ4v) is 3.27. The zero-order chi connectivity index (χ0) is 11.9. The topological polar surface area (TPSA) is 72.2 Å². The summed E-state index contributed by atoms with van der Waals surface area (Å²) >= 11 is 0. The molecule has 3 N–H and O–H groups in total. The van der Waals surface area contributed by atoms with Gasteiger partial charge in [-0.05, 0) is 49.9 Å². The third-order valence-electron chi connectivity index (χ3n) is 2.83. The molecule has 0 heterocycles. The Morgan fingerprint density at radius 1 is 1.31 bits per heavy atom. The SMILES string of the molecule is Cc1cc(N)cc(S(=O)(=O)NC2CC2)c1C. The minimum atomic E-state index is -3.40. The highest BCUT2D eigenvalue weighted by Gasteiger charge is 2.29. The predicted octanol–water partition coefficient (Wildman–Crippen LogP) is 1.33. The summed E-state index contributed by atoms with van der Waals surface area (Å²) in [4.78, 5) is 0.303. The van der Waals surface area contributed by atoms with Crippen LogP contribution in [0.25, 0.3) is 0 Å². The van der Waals surface area contributed by atoms with Gasteiger partial charge in [0.2, 0.25) is 10.0 Å². The molecule has 1 aromatic carbocycles. The maximum atomic E-state index is 12.0. The molecule has 0 aliphatic heterocycles. The van der Waals surface area contributed by atoms with Crippen molar-refractivity contribution in [2.24, 2.45) is 0 Å². The predicted molar refractivity (Wildman–Crippen MR) is 63.7 cm³/mol. The number of nitrogens with two attached hydrogens (primary N) is 1. The fourth-order valence-electron chi connectivity index (χ4n) is 1.62. The number of nitrogen functional groups attached to an aromatic ring is 1. The highest BCUT2D eigenvalue weighted by atomic mass is 32.2. The molecular formula is C11H16N2O2S. The number of nitrogens with one attached hydrogen (secondary N) is 1. The van der Waals surface area contributed by atoms with Gasteiger partial charge in [0.25, 0.3) is 0 Å². The molecule has 1 aromatic rings. The van der Waals surface area contributed by atoms with Gasteiger partial charge in [0.05, 0.1) is 4.90 Å². The van der Waals surface area contributed by atoms with E-state index in [0.717, 1.165) is 24.0 Å². The Hall–Kier alpha value is -1.07. The molecule has 1 aliphatic carbocycles. The van der Waals surface area contributed by atoms with Gasteiger partial charge in [-0.15, -0.1) is 0 Å². The Kier molecular flexibility index (Phi) is 2.67. The van der Waals surface area contributed by atoms with Crippen LogP contribution in [0.2, 0.25) is 0 Å². The van der Waals surface area contributed by atoms with Gasteiger partial charge in [-0.2, -0.15) is 0 Å². The zero-order valence-electron chi connectivity index (χ0n) is 9.45. The minimum absolute atomic E-state index is 0.117. The van der Waals surface area contributed by atoms with Gasteiger partial charge in [-0.3, -0.25) is 0 Å². The zero-order valence-corrected chi connectivity index (χ0v) is 10.3. The van der Waals surface area contributed by atoms with Crippen molar-refractivity contribution in [2.75, 3.05) is 5.73 Å². The van der Waals surface area contributed by atoms with E-state index >= 15 is 0 Å². The Bertz CT molecular complexity index is 519. The molecule has 0 amide bonds. The first kappa shape index (κ1) is 11.4. The number of sulfonamides is 1. The summed E-state index contributed by atoms with van der Waals surface area (Å²) in [5.74, 6) is 0. The van der Waals surface area contributed by atoms with Gasteiger partial charge >= 0.3 is 0 Å². The smallest absolute Gasteiger partial charge is 0.241 e. The van der Waals surface area contributed by atoms with E-state index in [4.69, 9.17) is 5.73 Å². The summed E-state index contributed by atoms with van der Waals surface area (Å²) in [6.07, 6.45) is 1.86. The second-order valence-corrected chi connectivity index (χ2v) is 6.04. The number of anilines is 1. The molecule has 0 aromatic heterocycles. The van der Waals surface area contributed by atoms with Crippen LogP contribution in [0.5, 0.6) is 0 Å². The maximum Gasteiger partial charge on any atom is 0.241 e. The van der Waals surface area contributed by atoms with Crippen LogP contribution in [-0.2, 0) is 10.0 Å². The second kappa shape index (κ2) is 3.75. The minimum Gasteiger partial charge on any atom is -0.399 e. The molecule has 4 nitrogen and oxygen atoms in total. The summed E-state index contributed by atoms with van der Waals surface area (Å²) in [7, 11) is -3.40. The van der Waals surface area contributed by atoms with E-state index in [0.29, 0.717) is 10.6 Å². The van der Waals surface area contributed by atoms with Crippen molar-refractivity contribution in [1.29, 1.82) is 0 Å². The summed E-state index contributed by atoms with van der Waals surface area (Å²) < 4.78 is 26.7. The molecule has 0 bridgehead atoms. The van der Waals surface area contributed by atoms with Crippen LogP contribution in [0.3, 0.4) is 0 Å². The highest BCUT2D eigenvalue weighted by molar-refractivity contribution is 7.89. The van der Waals surface area contributed by atoms with Crippen LogP contribution < -0.4 is 10.5 Å². The Morgan fingerprint density at radius 3 is 2.50 bits per heavy atom. The quantitative estimate of drug-likeness (QED) is 0.783. The van der Waals surface area contributed by atoms with Crippen LogP contribution in [0, 0.1) is 13.8 Å². The number of rotatable bonds is 3. The van der Waals surface area contributed by atoms with Gasteiger partial charge in [-0.25, -0.2) is 13.1 Å². The summed E-state index contributed by atoms with van der Waals surface area (Å²) in [5.41, 5.74) is 7.83. The van der Waals surface area contributed by atoms with Crippen molar-refractivity contribution in [3.63, 3.8) is 0 Å². The molecule has 0 unspecified atom stereocenters.